The summed E-state index contributed by atoms with van der Waals surface area (Å²) in [6.45, 7) is 0.427. The van der Waals surface area contributed by atoms with E-state index in [0.29, 0.717) is 18.2 Å². The van der Waals surface area contributed by atoms with Crippen molar-refractivity contribution in [1.29, 1.82) is 0 Å². The number of rotatable bonds is 4. The van der Waals surface area contributed by atoms with Gasteiger partial charge >= 0.3 is 0 Å². The number of sulfone groups is 1. The first-order chi connectivity index (χ1) is 8.99. The standard InChI is InChI=1S/C13H14N2O3S/c1-19(16,17)12-5-3-11(4-6-12)18-13-7-2-10(8-14)9-15-13/h2-7,9H,8,14H2,1H3. The van der Waals surface area contributed by atoms with E-state index in [4.69, 9.17) is 10.5 Å². The Kier molecular flexibility index (Phi) is 3.82. The zero-order valence-electron chi connectivity index (χ0n) is 10.4. The highest BCUT2D eigenvalue weighted by Crippen LogP contribution is 2.21. The van der Waals surface area contributed by atoms with Crippen molar-refractivity contribution in [2.24, 2.45) is 5.73 Å². The number of nitrogens with two attached hydrogens (primary N) is 1. The summed E-state index contributed by atoms with van der Waals surface area (Å²) in [5.41, 5.74) is 6.39. The third-order valence-corrected chi connectivity index (χ3v) is 3.64. The molecule has 0 fully saturated rings. The maximum absolute atomic E-state index is 11.3. The molecule has 0 atom stereocenters. The number of nitrogens with zero attached hydrogens (tertiary/aromatic N) is 1. The van der Waals surface area contributed by atoms with Crippen LogP contribution in [-0.2, 0) is 16.4 Å². The van der Waals surface area contributed by atoms with E-state index in [9.17, 15) is 8.42 Å². The summed E-state index contributed by atoms with van der Waals surface area (Å²) in [6, 6.07) is 9.72. The zero-order valence-corrected chi connectivity index (χ0v) is 11.2. The van der Waals surface area contributed by atoms with Crippen LogP contribution in [0.3, 0.4) is 0 Å². The predicted octanol–water partition coefficient (Wildman–Crippen LogP) is 1.74. The molecule has 0 saturated carbocycles. The first-order valence-electron chi connectivity index (χ1n) is 5.62. The van der Waals surface area contributed by atoms with Gasteiger partial charge in [-0.15, -0.1) is 0 Å². The number of aromatic nitrogens is 1. The number of hydrogen-bond acceptors (Lipinski definition) is 5. The van der Waals surface area contributed by atoms with Crippen LogP contribution < -0.4 is 10.5 Å². The van der Waals surface area contributed by atoms with E-state index in [-0.39, 0.29) is 4.90 Å². The van der Waals surface area contributed by atoms with Crippen molar-refractivity contribution in [3.8, 4) is 11.6 Å². The Balaban J connectivity index is 2.15. The third kappa shape index (κ3) is 3.52. The molecule has 0 unspecified atom stereocenters. The minimum absolute atomic E-state index is 0.256. The fourth-order valence-electron chi connectivity index (χ4n) is 1.47. The molecule has 0 spiro atoms. The van der Waals surface area contributed by atoms with Crippen LogP contribution in [0.4, 0.5) is 0 Å². The quantitative estimate of drug-likeness (QED) is 0.921. The molecule has 0 radical (unpaired) electrons. The van der Waals surface area contributed by atoms with Crippen LogP contribution in [0.2, 0.25) is 0 Å². The van der Waals surface area contributed by atoms with Gasteiger partial charge in [0.15, 0.2) is 9.84 Å². The summed E-state index contributed by atoms with van der Waals surface area (Å²) >= 11 is 0. The van der Waals surface area contributed by atoms with Crippen LogP contribution in [0.5, 0.6) is 11.6 Å². The molecular formula is C13H14N2O3S. The highest BCUT2D eigenvalue weighted by molar-refractivity contribution is 7.90. The summed E-state index contributed by atoms with van der Waals surface area (Å²) < 4.78 is 28.1. The molecule has 2 aromatic rings. The van der Waals surface area contributed by atoms with Crippen molar-refractivity contribution in [3.63, 3.8) is 0 Å². The monoisotopic (exact) mass is 278 g/mol. The number of pyridine rings is 1. The van der Waals surface area contributed by atoms with Gasteiger partial charge in [-0.1, -0.05) is 6.07 Å². The lowest BCUT2D eigenvalue weighted by Crippen LogP contribution is -1.98. The topological polar surface area (TPSA) is 82.3 Å². The minimum Gasteiger partial charge on any atom is -0.439 e. The fraction of sp³-hybridized carbons (Fsp3) is 0.154. The highest BCUT2D eigenvalue weighted by Gasteiger charge is 2.07. The Bertz CT molecular complexity index is 649. The van der Waals surface area contributed by atoms with E-state index < -0.39 is 9.84 Å². The number of benzene rings is 1. The lowest BCUT2D eigenvalue weighted by molar-refractivity contribution is 0.462. The van der Waals surface area contributed by atoms with E-state index in [1.807, 2.05) is 6.07 Å². The molecule has 0 bridgehead atoms. The van der Waals surface area contributed by atoms with E-state index >= 15 is 0 Å². The van der Waals surface area contributed by atoms with Crippen LogP contribution in [0.1, 0.15) is 5.56 Å². The molecule has 0 aliphatic heterocycles. The molecule has 0 saturated heterocycles. The Morgan fingerprint density at radius 2 is 1.84 bits per heavy atom. The van der Waals surface area contributed by atoms with Crippen molar-refractivity contribution >= 4 is 9.84 Å². The SMILES string of the molecule is CS(=O)(=O)c1ccc(Oc2ccc(CN)cn2)cc1. The third-order valence-electron chi connectivity index (χ3n) is 2.51. The van der Waals surface area contributed by atoms with Crippen LogP contribution in [-0.4, -0.2) is 19.7 Å². The fourth-order valence-corrected chi connectivity index (χ4v) is 2.10. The molecular weight excluding hydrogens is 264 g/mol. The van der Waals surface area contributed by atoms with Crippen molar-refractivity contribution < 1.29 is 13.2 Å². The first kappa shape index (κ1) is 13.5. The molecule has 0 amide bonds. The van der Waals surface area contributed by atoms with Gasteiger partial charge < -0.3 is 10.5 Å². The lowest BCUT2D eigenvalue weighted by atomic mass is 10.3. The van der Waals surface area contributed by atoms with Crippen molar-refractivity contribution in [1.82, 2.24) is 4.98 Å². The molecule has 0 aliphatic rings. The van der Waals surface area contributed by atoms with Gasteiger partial charge in [-0.25, -0.2) is 13.4 Å². The highest BCUT2D eigenvalue weighted by atomic mass is 32.2. The maximum Gasteiger partial charge on any atom is 0.219 e. The van der Waals surface area contributed by atoms with E-state index in [2.05, 4.69) is 4.98 Å². The average Bonchev–Trinajstić information content (AvgIpc) is 2.39. The van der Waals surface area contributed by atoms with Crippen LogP contribution in [0.25, 0.3) is 0 Å². The van der Waals surface area contributed by atoms with Gasteiger partial charge in [-0.2, -0.15) is 0 Å². The van der Waals surface area contributed by atoms with Crippen LogP contribution >= 0.6 is 0 Å². The van der Waals surface area contributed by atoms with Gasteiger partial charge in [0.05, 0.1) is 4.90 Å². The summed E-state index contributed by atoms with van der Waals surface area (Å²) in [5.74, 6) is 0.963. The average molecular weight is 278 g/mol. The first-order valence-corrected chi connectivity index (χ1v) is 7.51. The Morgan fingerprint density at radius 3 is 2.32 bits per heavy atom. The van der Waals surface area contributed by atoms with Crippen molar-refractivity contribution in [3.05, 3.63) is 48.2 Å². The zero-order chi connectivity index (χ0) is 13.9. The second kappa shape index (κ2) is 5.38. The largest absolute Gasteiger partial charge is 0.439 e. The molecule has 6 heteroatoms. The second-order valence-electron chi connectivity index (χ2n) is 4.05. The smallest absolute Gasteiger partial charge is 0.219 e. The molecule has 1 heterocycles. The maximum atomic E-state index is 11.3. The van der Waals surface area contributed by atoms with Crippen LogP contribution in [0.15, 0.2) is 47.5 Å². The minimum atomic E-state index is -3.19. The molecule has 19 heavy (non-hydrogen) atoms. The van der Waals surface area contributed by atoms with Gasteiger partial charge in [0.1, 0.15) is 5.75 Å². The Morgan fingerprint density at radius 1 is 1.16 bits per heavy atom. The molecule has 2 rings (SSSR count). The molecule has 5 nitrogen and oxygen atoms in total. The van der Waals surface area contributed by atoms with Crippen LogP contribution in [0, 0.1) is 0 Å². The molecule has 1 aromatic heterocycles. The van der Waals surface area contributed by atoms with E-state index in [1.165, 1.54) is 12.1 Å². The molecule has 0 aliphatic carbocycles. The lowest BCUT2D eigenvalue weighted by Gasteiger charge is -2.06. The molecule has 100 valence electrons. The molecule has 2 N–H and O–H groups in total. The number of hydrogen-bond donors (Lipinski definition) is 1. The van der Waals surface area contributed by atoms with Crippen molar-refractivity contribution in [2.45, 2.75) is 11.4 Å². The normalized spacial score (nSPS) is 11.3. The summed E-state index contributed by atoms with van der Waals surface area (Å²) in [7, 11) is -3.19. The van der Waals surface area contributed by atoms with Gasteiger partial charge in [0, 0.05) is 25.1 Å². The molecule has 1 aromatic carbocycles. The Hall–Kier alpha value is -1.92. The number of ether oxygens (including phenoxy) is 1. The van der Waals surface area contributed by atoms with Gasteiger partial charge in [-0.05, 0) is 29.8 Å². The second-order valence-corrected chi connectivity index (χ2v) is 6.07. The Labute approximate surface area is 112 Å². The summed E-state index contributed by atoms with van der Waals surface area (Å²) in [5, 5.41) is 0. The predicted molar refractivity (Wildman–Crippen MR) is 71.8 cm³/mol. The summed E-state index contributed by atoms with van der Waals surface area (Å²) in [6.07, 6.45) is 2.80. The summed E-state index contributed by atoms with van der Waals surface area (Å²) in [4.78, 5) is 4.35. The van der Waals surface area contributed by atoms with Gasteiger partial charge in [0.25, 0.3) is 0 Å². The van der Waals surface area contributed by atoms with E-state index in [0.717, 1.165) is 11.8 Å². The van der Waals surface area contributed by atoms with Gasteiger partial charge in [0.2, 0.25) is 5.88 Å². The van der Waals surface area contributed by atoms with Gasteiger partial charge in [-0.3, -0.25) is 0 Å². The van der Waals surface area contributed by atoms with Crippen molar-refractivity contribution in [2.75, 3.05) is 6.26 Å². The van der Waals surface area contributed by atoms with E-state index in [1.54, 1.807) is 24.4 Å².